The van der Waals surface area contributed by atoms with Gasteiger partial charge < -0.3 is 9.88 Å². The van der Waals surface area contributed by atoms with Crippen molar-refractivity contribution >= 4 is 17.7 Å². The van der Waals surface area contributed by atoms with Gasteiger partial charge >= 0.3 is 0 Å². The molecule has 19 heavy (non-hydrogen) atoms. The van der Waals surface area contributed by atoms with E-state index in [9.17, 15) is 0 Å². The maximum Gasteiger partial charge on any atom is 0.203 e. The average Bonchev–Trinajstić information content (AvgIpc) is 2.80. The Balaban J connectivity index is 2.10. The molecule has 3 nitrogen and oxygen atoms in total. The summed E-state index contributed by atoms with van der Waals surface area (Å²) in [5, 5.41) is 3.65. The van der Waals surface area contributed by atoms with Crippen LogP contribution in [0.25, 0.3) is 0 Å². The van der Waals surface area contributed by atoms with E-state index in [1.165, 1.54) is 32.1 Å². The van der Waals surface area contributed by atoms with Crippen LogP contribution in [-0.4, -0.2) is 27.6 Å². The number of rotatable bonds is 6. The van der Waals surface area contributed by atoms with Crippen LogP contribution >= 0.6 is 11.8 Å². The number of hydrogen-bond acceptors (Lipinski definition) is 3. The molecule has 1 aliphatic carbocycles. The van der Waals surface area contributed by atoms with Crippen LogP contribution in [0.15, 0.2) is 6.20 Å². The summed E-state index contributed by atoms with van der Waals surface area (Å²) in [5.41, 5.74) is 1.13. The van der Waals surface area contributed by atoms with Gasteiger partial charge in [-0.05, 0) is 32.4 Å². The maximum absolute atomic E-state index is 4.70. The minimum absolute atomic E-state index is 0.527. The van der Waals surface area contributed by atoms with Gasteiger partial charge in [0.05, 0.1) is 5.69 Å². The largest absolute Gasteiger partial charge is 0.352 e. The maximum atomic E-state index is 4.70. The van der Waals surface area contributed by atoms with Crippen LogP contribution in [0.3, 0.4) is 0 Å². The van der Waals surface area contributed by atoms with Gasteiger partial charge in [-0.25, -0.2) is 4.98 Å². The Hall–Kier alpha value is -0.640. The fraction of sp³-hybridized carbons (Fsp3) is 0.800. The molecular weight excluding hydrogens is 254 g/mol. The van der Waals surface area contributed by atoms with Crippen molar-refractivity contribution in [1.29, 1.82) is 0 Å². The predicted molar refractivity (Wildman–Crippen MR) is 85.2 cm³/mol. The number of hydrogen-bond donors (Lipinski definition) is 1. The summed E-state index contributed by atoms with van der Waals surface area (Å²) in [4.78, 5) is 4.70. The highest BCUT2D eigenvalue weighted by atomic mass is 32.2. The number of imidazole rings is 1. The van der Waals surface area contributed by atoms with Crippen molar-refractivity contribution in [3.05, 3.63) is 11.9 Å². The lowest BCUT2D eigenvalue weighted by molar-refractivity contribution is 0.355. The summed E-state index contributed by atoms with van der Waals surface area (Å²) < 4.78 is 2.40. The van der Waals surface area contributed by atoms with Crippen LogP contribution < -0.4 is 5.32 Å². The summed E-state index contributed by atoms with van der Waals surface area (Å²) in [6, 6.07) is 1.18. The zero-order valence-electron chi connectivity index (χ0n) is 12.5. The molecule has 2 rings (SSSR count). The topological polar surface area (TPSA) is 29.9 Å². The van der Waals surface area contributed by atoms with E-state index in [0.717, 1.165) is 23.8 Å². The highest BCUT2D eigenvalue weighted by Gasteiger charge is 2.20. The van der Waals surface area contributed by atoms with Crippen molar-refractivity contribution in [2.24, 2.45) is 0 Å². The summed E-state index contributed by atoms with van der Waals surface area (Å²) in [6.45, 7) is 4.34. The van der Waals surface area contributed by atoms with E-state index >= 15 is 0 Å². The SMILES string of the molecule is CCC(CSC)Nc1nc(C)cn1C1CCCCC1. The smallest absolute Gasteiger partial charge is 0.203 e. The molecule has 4 heteroatoms. The summed E-state index contributed by atoms with van der Waals surface area (Å²) >= 11 is 1.90. The van der Waals surface area contributed by atoms with Crippen molar-refractivity contribution in [3.63, 3.8) is 0 Å². The molecule has 0 saturated heterocycles. The molecule has 1 fully saturated rings. The summed E-state index contributed by atoms with van der Waals surface area (Å²) in [5.74, 6) is 2.23. The van der Waals surface area contributed by atoms with E-state index in [4.69, 9.17) is 4.98 Å². The Morgan fingerprint density at radius 1 is 1.42 bits per heavy atom. The second-order valence-electron chi connectivity index (χ2n) is 5.61. The molecule has 1 atom stereocenters. The van der Waals surface area contributed by atoms with Crippen molar-refractivity contribution in [3.8, 4) is 0 Å². The first-order valence-corrected chi connectivity index (χ1v) is 8.95. The highest BCUT2D eigenvalue weighted by Crippen LogP contribution is 2.31. The first-order valence-electron chi connectivity index (χ1n) is 7.55. The Morgan fingerprint density at radius 2 is 2.16 bits per heavy atom. The Bertz CT molecular complexity index is 383. The number of aromatic nitrogens is 2. The Labute approximate surface area is 121 Å². The standard InChI is InChI=1S/C15H27N3S/c1-4-13(11-19-3)17-15-16-12(2)10-18(15)14-8-6-5-7-9-14/h10,13-14H,4-9,11H2,1-3H3,(H,16,17). The van der Waals surface area contributed by atoms with Gasteiger partial charge in [0.1, 0.15) is 0 Å². The quantitative estimate of drug-likeness (QED) is 0.845. The van der Waals surface area contributed by atoms with Gasteiger partial charge in [-0.2, -0.15) is 11.8 Å². The van der Waals surface area contributed by atoms with Gasteiger partial charge in [-0.1, -0.05) is 26.2 Å². The minimum Gasteiger partial charge on any atom is -0.352 e. The van der Waals surface area contributed by atoms with Crippen LogP contribution in [0, 0.1) is 6.92 Å². The molecule has 108 valence electrons. The second-order valence-corrected chi connectivity index (χ2v) is 6.52. The lowest BCUT2D eigenvalue weighted by atomic mass is 9.95. The van der Waals surface area contributed by atoms with Gasteiger partial charge in [0.25, 0.3) is 0 Å². The molecule has 1 unspecified atom stereocenters. The molecule has 0 aromatic carbocycles. The van der Waals surface area contributed by atoms with Crippen molar-refractivity contribution in [2.75, 3.05) is 17.3 Å². The molecule has 0 spiro atoms. The van der Waals surface area contributed by atoms with E-state index in [1.807, 2.05) is 11.8 Å². The molecule has 0 bridgehead atoms. The van der Waals surface area contributed by atoms with Crippen molar-refractivity contribution < 1.29 is 0 Å². The van der Waals surface area contributed by atoms with E-state index in [-0.39, 0.29) is 0 Å². The normalized spacial score (nSPS) is 18.5. The van der Waals surface area contributed by atoms with Crippen LogP contribution in [0.4, 0.5) is 5.95 Å². The molecular formula is C15H27N3S. The van der Waals surface area contributed by atoms with E-state index in [1.54, 1.807) is 0 Å². The summed E-state index contributed by atoms with van der Waals surface area (Å²) in [7, 11) is 0. The zero-order valence-corrected chi connectivity index (χ0v) is 13.3. The fourth-order valence-corrected chi connectivity index (χ4v) is 3.63. The number of aryl methyl sites for hydroxylation is 1. The lowest BCUT2D eigenvalue weighted by Gasteiger charge is -2.26. The first-order chi connectivity index (χ1) is 9.24. The molecule has 0 aliphatic heterocycles. The van der Waals surface area contributed by atoms with Crippen LogP contribution in [-0.2, 0) is 0 Å². The van der Waals surface area contributed by atoms with Crippen LogP contribution in [0.5, 0.6) is 0 Å². The predicted octanol–water partition coefficient (Wildman–Crippen LogP) is 4.25. The van der Waals surface area contributed by atoms with Crippen molar-refractivity contribution in [1.82, 2.24) is 9.55 Å². The van der Waals surface area contributed by atoms with Gasteiger partial charge in [-0.3, -0.25) is 0 Å². The van der Waals surface area contributed by atoms with Crippen LogP contribution in [0.1, 0.15) is 57.2 Å². The van der Waals surface area contributed by atoms with Gasteiger partial charge in [0.2, 0.25) is 5.95 Å². The molecule has 1 N–H and O–H groups in total. The van der Waals surface area contributed by atoms with E-state index in [0.29, 0.717) is 12.1 Å². The first kappa shape index (κ1) is 14.8. The number of nitrogens with zero attached hydrogens (tertiary/aromatic N) is 2. The molecule has 0 amide bonds. The molecule has 1 aliphatic rings. The van der Waals surface area contributed by atoms with E-state index in [2.05, 4.69) is 36.2 Å². The summed E-state index contributed by atoms with van der Waals surface area (Å²) in [6.07, 6.45) is 12.3. The van der Waals surface area contributed by atoms with Crippen LogP contribution in [0.2, 0.25) is 0 Å². The number of anilines is 1. The van der Waals surface area contributed by atoms with E-state index < -0.39 is 0 Å². The zero-order chi connectivity index (χ0) is 13.7. The monoisotopic (exact) mass is 281 g/mol. The molecule has 0 radical (unpaired) electrons. The number of thioether (sulfide) groups is 1. The molecule has 1 aromatic heterocycles. The third kappa shape index (κ3) is 3.91. The minimum atomic E-state index is 0.527. The second kappa shape index (κ2) is 7.22. The third-order valence-corrected chi connectivity index (χ3v) is 4.75. The molecule has 1 heterocycles. The van der Waals surface area contributed by atoms with Gasteiger partial charge in [-0.15, -0.1) is 0 Å². The Morgan fingerprint density at radius 3 is 2.79 bits per heavy atom. The number of nitrogens with one attached hydrogen (secondary N) is 1. The van der Waals surface area contributed by atoms with Gasteiger partial charge in [0.15, 0.2) is 0 Å². The van der Waals surface area contributed by atoms with Crippen molar-refractivity contribution in [2.45, 2.75) is 64.5 Å². The highest BCUT2D eigenvalue weighted by molar-refractivity contribution is 7.98. The average molecular weight is 281 g/mol. The van der Waals surface area contributed by atoms with Gasteiger partial charge in [0, 0.05) is 24.0 Å². The Kier molecular flexibility index (Phi) is 5.61. The fourth-order valence-electron chi connectivity index (χ4n) is 2.91. The third-order valence-electron chi connectivity index (χ3n) is 4.01. The molecule has 1 aromatic rings. The molecule has 1 saturated carbocycles. The lowest BCUT2D eigenvalue weighted by Crippen LogP contribution is -2.25.